The molecule has 0 amide bonds. The van der Waals surface area contributed by atoms with Gasteiger partial charge in [0.15, 0.2) is 0 Å². The first-order valence-corrected chi connectivity index (χ1v) is 4.89. The van der Waals surface area contributed by atoms with Crippen LogP contribution in [0, 0.1) is 16.8 Å². The number of halogens is 2. The summed E-state index contributed by atoms with van der Waals surface area (Å²) in [6.45, 7) is 0. The van der Waals surface area contributed by atoms with Gasteiger partial charge in [-0.3, -0.25) is 10.2 Å². The molecule has 5 nitrogen and oxygen atoms in total. The van der Waals surface area contributed by atoms with Crippen molar-refractivity contribution in [1.29, 1.82) is 0 Å². The topological polar surface area (TPSA) is 71.5 Å². The molecular weight excluding hydrogens is 244 g/mol. The van der Waals surface area contributed by atoms with Crippen LogP contribution in [0.25, 0.3) is 0 Å². The number of nitrogens with zero attached hydrogens (tertiary/aromatic N) is 2. The number of nitrogens with one attached hydrogen (secondary N) is 1. The van der Waals surface area contributed by atoms with Crippen LogP contribution in [-0.2, 0) is 0 Å². The minimum atomic E-state index is -0.604. The number of hydrogen-bond acceptors (Lipinski definition) is 5. The zero-order valence-corrected chi connectivity index (χ0v) is 8.97. The molecule has 2 aromatic rings. The molecule has 1 aromatic carbocycles. The molecule has 0 saturated heterocycles. The van der Waals surface area contributed by atoms with E-state index in [2.05, 4.69) is 10.3 Å². The van der Waals surface area contributed by atoms with Crippen LogP contribution in [0.1, 0.15) is 0 Å². The standard InChI is InChI=1S/C11H8F2N3O2/c12-7-1-2-11(16(17)18)10(4-7)15-9-3-8(13)5-14-6-9/h1-6,15,17H/q-1. The van der Waals surface area contributed by atoms with E-state index in [0.717, 1.165) is 30.5 Å². The van der Waals surface area contributed by atoms with Crippen molar-refractivity contribution in [2.45, 2.75) is 0 Å². The van der Waals surface area contributed by atoms with E-state index in [1.54, 1.807) is 0 Å². The number of rotatable bonds is 3. The highest BCUT2D eigenvalue weighted by molar-refractivity contribution is 5.74. The molecule has 0 unspecified atom stereocenters. The molecule has 1 heterocycles. The van der Waals surface area contributed by atoms with E-state index in [4.69, 9.17) is 5.21 Å². The highest BCUT2D eigenvalue weighted by Gasteiger charge is 2.06. The first-order valence-electron chi connectivity index (χ1n) is 4.89. The molecule has 0 spiro atoms. The van der Waals surface area contributed by atoms with Crippen molar-refractivity contribution in [2.75, 3.05) is 10.5 Å². The van der Waals surface area contributed by atoms with Crippen molar-refractivity contribution in [2.24, 2.45) is 0 Å². The molecule has 0 aliphatic rings. The minimum absolute atomic E-state index is 0.0000926. The van der Waals surface area contributed by atoms with Crippen LogP contribution in [0.15, 0.2) is 36.7 Å². The Morgan fingerprint density at radius 3 is 2.61 bits per heavy atom. The van der Waals surface area contributed by atoms with Gasteiger partial charge in [0.1, 0.15) is 11.6 Å². The Hall–Kier alpha value is -2.25. The van der Waals surface area contributed by atoms with E-state index >= 15 is 0 Å². The maximum absolute atomic E-state index is 13.1. The summed E-state index contributed by atoms with van der Waals surface area (Å²) in [6, 6.07) is 4.23. The first-order chi connectivity index (χ1) is 8.56. The molecule has 2 rings (SSSR count). The average molecular weight is 252 g/mol. The van der Waals surface area contributed by atoms with Gasteiger partial charge in [-0.2, -0.15) is 0 Å². The highest BCUT2D eigenvalue weighted by atomic mass is 19.1. The van der Waals surface area contributed by atoms with E-state index in [-0.39, 0.29) is 17.1 Å². The van der Waals surface area contributed by atoms with E-state index < -0.39 is 16.9 Å². The highest BCUT2D eigenvalue weighted by Crippen LogP contribution is 2.28. The fraction of sp³-hybridized carbons (Fsp3) is 0. The van der Waals surface area contributed by atoms with Crippen LogP contribution in [0.5, 0.6) is 0 Å². The summed E-state index contributed by atoms with van der Waals surface area (Å²) in [5.41, 5.74) is 0.0317. The fourth-order valence-electron chi connectivity index (χ4n) is 1.41. The van der Waals surface area contributed by atoms with Crippen LogP contribution < -0.4 is 10.5 Å². The Morgan fingerprint density at radius 1 is 1.17 bits per heavy atom. The summed E-state index contributed by atoms with van der Waals surface area (Å²) in [5, 5.41) is 21.9. The molecule has 0 atom stereocenters. The normalized spacial score (nSPS) is 10.2. The summed E-state index contributed by atoms with van der Waals surface area (Å²) in [6.07, 6.45) is 2.30. The van der Waals surface area contributed by atoms with Gasteiger partial charge in [0, 0.05) is 6.07 Å². The number of hydrogen-bond donors (Lipinski definition) is 2. The maximum Gasteiger partial charge on any atom is 0.143 e. The van der Waals surface area contributed by atoms with Crippen LogP contribution >= 0.6 is 0 Å². The van der Waals surface area contributed by atoms with Crippen molar-refractivity contribution in [1.82, 2.24) is 4.98 Å². The molecule has 0 aliphatic heterocycles. The second kappa shape index (κ2) is 4.94. The number of benzene rings is 1. The number of anilines is 3. The third-order valence-corrected chi connectivity index (χ3v) is 2.15. The molecule has 1 aromatic heterocycles. The monoisotopic (exact) mass is 252 g/mol. The SMILES string of the molecule is [O-]N(O)c1ccc(F)cc1Nc1cncc(F)c1. The molecule has 7 heteroatoms. The smallest absolute Gasteiger partial charge is 0.143 e. The summed E-state index contributed by atoms with van der Waals surface area (Å²) in [4.78, 5) is 3.59. The number of aromatic nitrogens is 1. The Balaban J connectivity index is 2.36. The number of pyridine rings is 1. The lowest BCUT2D eigenvalue weighted by molar-refractivity contribution is 0.297. The average Bonchev–Trinajstić information content (AvgIpc) is 2.28. The fourth-order valence-corrected chi connectivity index (χ4v) is 1.41. The van der Waals surface area contributed by atoms with Crippen molar-refractivity contribution in [3.63, 3.8) is 0 Å². The van der Waals surface area contributed by atoms with Crippen LogP contribution in [0.4, 0.5) is 25.8 Å². The Morgan fingerprint density at radius 2 is 1.94 bits per heavy atom. The summed E-state index contributed by atoms with van der Waals surface area (Å²) in [7, 11) is 0. The van der Waals surface area contributed by atoms with E-state index in [1.807, 2.05) is 0 Å². The van der Waals surface area contributed by atoms with Crippen molar-refractivity contribution < 1.29 is 14.0 Å². The molecule has 0 bridgehead atoms. The molecular formula is C11H8F2N3O2-. The lowest BCUT2D eigenvalue weighted by Crippen LogP contribution is -2.09. The lowest BCUT2D eigenvalue weighted by atomic mass is 10.2. The Bertz CT molecular complexity index is 564. The third kappa shape index (κ3) is 2.70. The Labute approximate surface area is 101 Å². The second-order valence-electron chi connectivity index (χ2n) is 3.45. The first kappa shape index (κ1) is 12.2. The van der Waals surface area contributed by atoms with Crippen LogP contribution in [0.3, 0.4) is 0 Å². The van der Waals surface area contributed by atoms with Crippen LogP contribution in [0.2, 0.25) is 0 Å². The van der Waals surface area contributed by atoms with Crippen molar-refractivity contribution in [3.05, 3.63) is 53.5 Å². The molecule has 0 aliphatic carbocycles. The molecule has 2 N–H and O–H groups in total. The van der Waals surface area contributed by atoms with E-state index in [1.165, 1.54) is 6.20 Å². The van der Waals surface area contributed by atoms with Gasteiger partial charge in [0.25, 0.3) is 0 Å². The molecule has 94 valence electrons. The van der Waals surface area contributed by atoms with Gasteiger partial charge >= 0.3 is 0 Å². The van der Waals surface area contributed by atoms with Gasteiger partial charge < -0.3 is 15.8 Å². The summed E-state index contributed by atoms with van der Waals surface area (Å²) < 4.78 is 26.0. The quantitative estimate of drug-likeness (QED) is 0.822. The zero-order valence-electron chi connectivity index (χ0n) is 8.97. The van der Waals surface area contributed by atoms with Crippen molar-refractivity contribution in [3.8, 4) is 0 Å². The maximum atomic E-state index is 13.1. The second-order valence-corrected chi connectivity index (χ2v) is 3.45. The van der Waals surface area contributed by atoms with Gasteiger partial charge in [0.05, 0.1) is 29.5 Å². The van der Waals surface area contributed by atoms with E-state index in [9.17, 15) is 14.0 Å². The van der Waals surface area contributed by atoms with Gasteiger partial charge in [-0.25, -0.2) is 8.78 Å². The van der Waals surface area contributed by atoms with Gasteiger partial charge in [0.2, 0.25) is 0 Å². The molecule has 18 heavy (non-hydrogen) atoms. The van der Waals surface area contributed by atoms with Gasteiger partial charge in [-0.1, -0.05) is 0 Å². The minimum Gasteiger partial charge on any atom is -0.733 e. The van der Waals surface area contributed by atoms with Crippen molar-refractivity contribution >= 4 is 17.1 Å². The summed E-state index contributed by atoms with van der Waals surface area (Å²) >= 11 is 0. The molecule has 0 fully saturated rings. The largest absolute Gasteiger partial charge is 0.733 e. The molecule has 0 saturated carbocycles. The van der Waals surface area contributed by atoms with Crippen LogP contribution in [-0.4, -0.2) is 10.2 Å². The predicted octanol–water partition coefficient (Wildman–Crippen LogP) is 2.80. The third-order valence-electron chi connectivity index (χ3n) is 2.15. The summed E-state index contributed by atoms with van der Waals surface area (Å²) in [5.74, 6) is -1.19. The van der Waals surface area contributed by atoms with Gasteiger partial charge in [-0.15, -0.1) is 0 Å². The predicted molar refractivity (Wildman–Crippen MR) is 61.5 cm³/mol. The lowest BCUT2D eigenvalue weighted by Gasteiger charge is -2.24. The van der Waals surface area contributed by atoms with Gasteiger partial charge in [-0.05, 0) is 18.2 Å². The van der Waals surface area contributed by atoms with E-state index in [0.29, 0.717) is 0 Å². The zero-order chi connectivity index (χ0) is 13.1. The Kier molecular flexibility index (Phi) is 3.35. The molecule has 0 radical (unpaired) electrons.